The smallest absolute Gasteiger partial charge is 0.347 e. The highest BCUT2D eigenvalue weighted by atomic mass is 35.5. The Balaban J connectivity index is 1.94. The number of aliphatic hydroxyl groups excluding tert-OH is 1. The highest BCUT2D eigenvalue weighted by Gasteiger charge is 2.36. The van der Waals surface area contributed by atoms with Crippen LogP contribution in [0.4, 0.5) is 0 Å². The average molecular weight is 726 g/mol. The Kier molecular flexibility index (Phi) is 15.0. The molecule has 0 spiro atoms. The number of aliphatic hydroxyl groups is 1. The lowest BCUT2D eigenvalue weighted by atomic mass is 9.90. The van der Waals surface area contributed by atoms with Gasteiger partial charge in [0.25, 0.3) is 0 Å². The molecule has 1 aliphatic heterocycles. The van der Waals surface area contributed by atoms with Crippen LogP contribution < -0.4 is 15.4 Å². The topological polar surface area (TPSA) is 140 Å². The Morgan fingerprint density at radius 1 is 1.00 bits per heavy atom. The summed E-state index contributed by atoms with van der Waals surface area (Å²) in [7, 11) is 1.43. The molecule has 2 aromatic rings. The Hall–Kier alpha value is -3.31. The van der Waals surface area contributed by atoms with Crippen molar-refractivity contribution in [1.82, 2.24) is 10.6 Å². The summed E-state index contributed by atoms with van der Waals surface area (Å²) in [6.45, 7) is 6.85. The summed E-state index contributed by atoms with van der Waals surface area (Å²) in [5.41, 5.74) is 1.23. The lowest BCUT2D eigenvalue weighted by molar-refractivity contribution is -0.177. The summed E-state index contributed by atoms with van der Waals surface area (Å²) in [5, 5.41) is 16.3. The average Bonchev–Trinajstić information content (AvgIpc) is 3.04. The monoisotopic (exact) mass is 724 g/mol. The first-order valence-electron chi connectivity index (χ1n) is 15.8. The van der Waals surface area contributed by atoms with Crippen LogP contribution >= 0.6 is 34.8 Å². The van der Waals surface area contributed by atoms with Crippen molar-refractivity contribution in [2.24, 2.45) is 17.8 Å². The fraction of sp³-hybridized carbons (Fsp3) is 0.486. The third-order valence-corrected chi connectivity index (χ3v) is 9.05. The van der Waals surface area contributed by atoms with E-state index in [1.54, 1.807) is 50.2 Å². The molecule has 7 atom stereocenters. The van der Waals surface area contributed by atoms with Gasteiger partial charge >= 0.3 is 11.9 Å². The van der Waals surface area contributed by atoms with Crippen LogP contribution in [0.3, 0.4) is 0 Å². The molecule has 0 aliphatic carbocycles. The fourth-order valence-corrected chi connectivity index (χ4v) is 6.21. The zero-order chi connectivity index (χ0) is 35.5. The van der Waals surface area contributed by atoms with Crippen molar-refractivity contribution in [3.05, 3.63) is 75.8 Å². The van der Waals surface area contributed by atoms with Crippen LogP contribution in [-0.2, 0) is 35.1 Å². The standard InChI is InChI=1S/C35H43Cl3N2O8/c1-19(2)14-28-35(45)47-27(21(4)31(42)30(38)23-10-7-6-8-11-23)12-9-13-29(41)40-26(33(43)39-18-20(3)34(44)48-28)17-22-15-24(36)32(46-5)25(37)16-22/h6-11,13,15-16,19-21,26-28,30-31,42H,12,14,17-18H2,1-5H3,(H,39,43)(H,40,41)/b13-9+/t20-,21+,26-,27+,28+,30?,31+/m1/s1. The van der Waals surface area contributed by atoms with E-state index in [-0.39, 0.29) is 47.5 Å². The zero-order valence-corrected chi connectivity index (χ0v) is 29.9. The van der Waals surface area contributed by atoms with Crippen LogP contribution in [0, 0.1) is 17.8 Å². The zero-order valence-electron chi connectivity index (χ0n) is 27.6. The number of alkyl halides is 1. The van der Waals surface area contributed by atoms with E-state index in [2.05, 4.69) is 10.6 Å². The molecule has 0 radical (unpaired) electrons. The Morgan fingerprint density at radius 3 is 2.25 bits per heavy atom. The van der Waals surface area contributed by atoms with Crippen molar-refractivity contribution in [1.29, 1.82) is 0 Å². The highest BCUT2D eigenvalue weighted by Crippen LogP contribution is 2.34. The first-order valence-corrected chi connectivity index (χ1v) is 17.0. The van der Waals surface area contributed by atoms with E-state index in [0.29, 0.717) is 11.1 Å². The van der Waals surface area contributed by atoms with E-state index < -0.39 is 65.3 Å². The van der Waals surface area contributed by atoms with Crippen LogP contribution in [0.2, 0.25) is 10.0 Å². The van der Waals surface area contributed by atoms with Crippen LogP contribution in [0.5, 0.6) is 5.75 Å². The Labute approximate surface area is 296 Å². The third kappa shape index (κ3) is 11.1. The molecule has 0 fully saturated rings. The van der Waals surface area contributed by atoms with Crippen molar-refractivity contribution in [3.8, 4) is 5.75 Å². The predicted octanol–water partition coefficient (Wildman–Crippen LogP) is 5.59. The van der Waals surface area contributed by atoms with Crippen molar-refractivity contribution in [3.63, 3.8) is 0 Å². The molecule has 0 bridgehead atoms. The van der Waals surface area contributed by atoms with Gasteiger partial charge in [-0.05, 0) is 41.7 Å². The number of benzene rings is 2. The molecule has 10 nitrogen and oxygen atoms in total. The Morgan fingerprint density at radius 2 is 1.65 bits per heavy atom. The quantitative estimate of drug-likeness (QED) is 0.225. The minimum absolute atomic E-state index is 0.00902. The fourth-order valence-electron chi connectivity index (χ4n) is 5.15. The number of hydrogen-bond donors (Lipinski definition) is 3. The number of methoxy groups -OCH3 is 1. The minimum atomic E-state index is -1.24. The van der Waals surface area contributed by atoms with E-state index >= 15 is 0 Å². The maximum Gasteiger partial charge on any atom is 0.347 e. The molecule has 1 unspecified atom stereocenters. The van der Waals surface area contributed by atoms with Crippen LogP contribution in [0.25, 0.3) is 0 Å². The number of esters is 2. The molecule has 2 aromatic carbocycles. The van der Waals surface area contributed by atoms with Gasteiger partial charge in [-0.1, -0.05) is 87.3 Å². The second-order valence-corrected chi connectivity index (χ2v) is 13.6. The van der Waals surface area contributed by atoms with Crippen LogP contribution in [-0.4, -0.2) is 66.9 Å². The molecule has 2 amide bonds. The molecule has 1 aliphatic rings. The number of rotatable bonds is 9. The van der Waals surface area contributed by atoms with Gasteiger partial charge in [0.1, 0.15) is 12.1 Å². The SMILES string of the molecule is COc1c(Cl)cc(C[C@H]2NC(=O)/C=C/C[C@@H]([C@H](C)[C@H](O)C(Cl)c3ccccc3)OC(=O)[C@H](CC(C)C)OC(=O)[C@H](C)CNC2=O)cc1Cl. The number of amides is 2. The van der Waals surface area contributed by atoms with Crippen molar-refractivity contribution >= 4 is 58.6 Å². The molecule has 13 heteroatoms. The number of nitrogens with one attached hydrogen (secondary N) is 2. The minimum Gasteiger partial charge on any atom is -0.494 e. The highest BCUT2D eigenvalue weighted by molar-refractivity contribution is 6.37. The van der Waals surface area contributed by atoms with Crippen molar-refractivity contribution in [2.75, 3.05) is 13.7 Å². The Bertz CT molecular complexity index is 1430. The molecule has 0 saturated heterocycles. The maximum absolute atomic E-state index is 13.5. The van der Waals surface area contributed by atoms with E-state index in [4.69, 9.17) is 49.0 Å². The second-order valence-electron chi connectivity index (χ2n) is 12.3. The van der Waals surface area contributed by atoms with E-state index in [9.17, 15) is 24.3 Å². The summed E-state index contributed by atoms with van der Waals surface area (Å²) in [6, 6.07) is 11.1. The second kappa shape index (κ2) is 18.5. The molecule has 0 saturated carbocycles. The van der Waals surface area contributed by atoms with Gasteiger partial charge in [-0.25, -0.2) is 4.79 Å². The van der Waals surface area contributed by atoms with Gasteiger partial charge in [0.15, 0.2) is 11.9 Å². The summed E-state index contributed by atoms with van der Waals surface area (Å²) >= 11 is 19.3. The largest absolute Gasteiger partial charge is 0.494 e. The summed E-state index contributed by atoms with van der Waals surface area (Å²) < 4.78 is 16.7. The number of carbonyl (C=O) groups is 4. The van der Waals surface area contributed by atoms with Crippen molar-refractivity contribution < 1.29 is 38.5 Å². The number of ether oxygens (including phenoxy) is 3. The third-order valence-electron chi connectivity index (χ3n) is 7.97. The summed E-state index contributed by atoms with van der Waals surface area (Å²) in [5.74, 6) is -3.97. The number of cyclic esters (lactones) is 2. The lowest BCUT2D eigenvalue weighted by Gasteiger charge is -2.31. The van der Waals surface area contributed by atoms with E-state index in [0.717, 1.165) is 0 Å². The molecule has 1 heterocycles. The molecule has 3 N–H and O–H groups in total. The van der Waals surface area contributed by atoms with Gasteiger partial charge in [-0.3, -0.25) is 14.4 Å². The van der Waals surface area contributed by atoms with Gasteiger partial charge in [-0.2, -0.15) is 0 Å². The molecule has 0 aromatic heterocycles. The summed E-state index contributed by atoms with van der Waals surface area (Å²) in [4.78, 5) is 53.1. The molecular weight excluding hydrogens is 683 g/mol. The first-order chi connectivity index (χ1) is 22.7. The molecular formula is C35H43Cl3N2O8. The number of halogens is 3. The lowest BCUT2D eigenvalue weighted by Crippen LogP contribution is -2.49. The normalized spacial score (nSPS) is 24.0. The molecule has 48 heavy (non-hydrogen) atoms. The van der Waals surface area contributed by atoms with Crippen LogP contribution in [0.1, 0.15) is 57.0 Å². The van der Waals surface area contributed by atoms with Gasteiger partial charge < -0.3 is 30.0 Å². The van der Waals surface area contributed by atoms with E-state index in [1.807, 2.05) is 19.9 Å². The van der Waals surface area contributed by atoms with Gasteiger partial charge in [0.05, 0.1) is 34.6 Å². The number of carbonyl (C=O) groups excluding carboxylic acids is 4. The number of hydrogen-bond acceptors (Lipinski definition) is 8. The van der Waals surface area contributed by atoms with Gasteiger partial charge in [-0.15, -0.1) is 11.6 Å². The van der Waals surface area contributed by atoms with Gasteiger partial charge in [0.2, 0.25) is 11.8 Å². The molecule has 3 rings (SSSR count). The van der Waals surface area contributed by atoms with Gasteiger partial charge in [0, 0.05) is 25.3 Å². The van der Waals surface area contributed by atoms with Crippen LogP contribution in [0.15, 0.2) is 54.6 Å². The predicted molar refractivity (Wildman–Crippen MR) is 184 cm³/mol. The molecule has 262 valence electrons. The maximum atomic E-state index is 13.5. The summed E-state index contributed by atoms with van der Waals surface area (Å²) in [6.07, 6.45) is -0.424. The van der Waals surface area contributed by atoms with E-state index in [1.165, 1.54) is 19.3 Å². The van der Waals surface area contributed by atoms with Crippen molar-refractivity contribution in [2.45, 2.75) is 76.7 Å². The first kappa shape index (κ1) is 39.1.